The summed E-state index contributed by atoms with van der Waals surface area (Å²) in [6.07, 6.45) is 3.34. The number of nitrogens with zero attached hydrogens (tertiary/aromatic N) is 1. The summed E-state index contributed by atoms with van der Waals surface area (Å²) in [7, 11) is 0. The van der Waals surface area contributed by atoms with Crippen LogP contribution in [0.5, 0.6) is 0 Å². The molecule has 1 fully saturated rings. The second kappa shape index (κ2) is 5.38. The number of hydrogen-bond donors (Lipinski definition) is 0. The number of halogens is 1. The zero-order chi connectivity index (χ0) is 12.4. The molecule has 2 nitrogen and oxygen atoms in total. The molecule has 0 aliphatic carbocycles. The van der Waals surface area contributed by atoms with Crippen LogP contribution in [0, 0.1) is 3.57 Å². The topological polar surface area (TPSA) is 20.3 Å². The molecular weight excluding hydrogens is 325 g/mol. The summed E-state index contributed by atoms with van der Waals surface area (Å²) in [6, 6.07) is 8.66. The van der Waals surface area contributed by atoms with E-state index < -0.39 is 0 Å². The van der Waals surface area contributed by atoms with Crippen molar-refractivity contribution in [3.63, 3.8) is 0 Å². The van der Waals surface area contributed by atoms with Crippen LogP contribution < -0.4 is 0 Å². The normalized spacial score (nSPS) is 24.1. The smallest absolute Gasteiger partial charge is 0.254 e. The Morgan fingerprint density at radius 2 is 2.00 bits per heavy atom. The molecule has 2 rings (SSSR count). The number of amides is 1. The Bertz CT molecular complexity index is 401. The lowest BCUT2D eigenvalue weighted by Gasteiger charge is -2.28. The molecule has 2 atom stereocenters. The fourth-order valence-corrected chi connectivity index (χ4v) is 2.94. The van der Waals surface area contributed by atoms with Crippen molar-refractivity contribution in [2.24, 2.45) is 0 Å². The maximum absolute atomic E-state index is 12.5. The molecule has 1 heterocycles. The van der Waals surface area contributed by atoms with Gasteiger partial charge in [0.15, 0.2) is 0 Å². The maximum atomic E-state index is 12.5. The fourth-order valence-electron chi connectivity index (χ4n) is 2.58. The van der Waals surface area contributed by atoms with Gasteiger partial charge in [-0.3, -0.25) is 4.79 Å². The quantitative estimate of drug-likeness (QED) is 0.750. The highest BCUT2D eigenvalue weighted by Gasteiger charge is 2.33. The Morgan fingerprint density at radius 3 is 2.59 bits per heavy atom. The van der Waals surface area contributed by atoms with Gasteiger partial charge in [0, 0.05) is 21.2 Å². The molecule has 1 aromatic rings. The SMILES string of the molecule is CCC1CCC(C)N1C(=O)c1ccc(I)cc1. The standard InChI is InChI=1S/C14H18INO/c1-3-13-9-4-10(2)16(13)14(17)11-5-7-12(15)8-6-11/h5-8,10,13H,3-4,9H2,1-2H3. The van der Waals surface area contributed by atoms with E-state index in [0.717, 1.165) is 24.8 Å². The average molecular weight is 343 g/mol. The lowest BCUT2D eigenvalue weighted by molar-refractivity contribution is 0.0676. The molecule has 92 valence electrons. The summed E-state index contributed by atoms with van der Waals surface area (Å²) >= 11 is 2.26. The average Bonchev–Trinajstić information content (AvgIpc) is 2.70. The van der Waals surface area contributed by atoms with Crippen molar-refractivity contribution in [2.45, 2.75) is 45.2 Å². The van der Waals surface area contributed by atoms with Gasteiger partial charge in [-0.2, -0.15) is 0 Å². The van der Waals surface area contributed by atoms with E-state index in [0.29, 0.717) is 12.1 Å². The molecule has 0 N–H and O–H groups in total. The predicted octanol–water partition coefficient (Wildman–Crippen LogP) is 3.69. The first-order valence-corrected chi connectivity index (χ1v) is 7.29. The van der Waals surface area contributed by atoms with Crippen LogP contribution in [-0.4, -0.2) is 22.9 Å². The Hall–Kier alpha value is -0.580. The molecular formula is C14H18INO. The Morgan fingerprint density at radius 1 is 1.35 bits per heavy atom. The van der Waals surface area contributed by atoms with Crippen LogP contribution in [0.15, 0.2) is 24.3 Å². The number of likely N-dealkylation sites (tertiary alicyclic amines) is 1. The van der Waals surface area contributed by atoms with Crippen LogP contribution in [-0.2, 0) is 0 Å². The van der Waals surface area contributed by atoms with Gasteiger partial charge < -0.3 is 4.90 Å². The number of carbonyl (C=O) groups is 1. The van der Waals surface area contributed by atoms with Gasteiger partial charge in [-0.05, 0) is 73.0 Å². The van der Waals surface area contributed by atoms with Crippen LogP contribution in [0.25, 0.3) is 0 Å². The summed E-state index contributed by atoms with van der Waals surface area (Å²) in [5.74, 6) is 0.193. The highest BCUT2D eigenvalue weighted by molar-refractivity contribution is 14.1. The van der Waals surface area contributed by atoms with Crippen LogP contribution >= 0.6 is 22.6 Å². The van der Waals surface area contributed by atoms with Gasteiger partial charge >= 0.3 is 0 Å². The van der Waals surface area contributed by atoms with Crippen molar-refractivity contribution >= 4 is 28.5 Å². The predicted molar refractivity (Wildman–Crippen MR) is 78.1 cm³/mol. The minimum atomic E-state index is 0.193. The van der Waals surface area contributed by atoms with Crippen LogP contribution in [0.2, 0.25) is 0 Å². The van der Waals surface area contributed by atoms with E-state index in [-0.39, 0.29) is 5.91 Å². The molecule has 1 aromatic carbocycles. The van der Waals surface area contributed by atoms with Crippen molar-refractivity contribution in [3.05, 3.63) is 33.4 Å². The highest BCUT2D eigenvalue weighted by Crippen LogP contribution is 2.27. The number of benzene rings is 1. The lowest BCUT2D eigenvalue weighted by Crippen LogP contribution is -2.39. The molecule has 1 saturated heterocycles. The van der Waals surface area contributed by atoms with Crippen molar-refractivity contribution < 1.29 is 4.79 Å². The summed E-state index contributed by atoms with van der Waals surface area (Å²) < 4.78 is 1.17. The Labute approximate surface area is 117 Å². The van der Waals surface area contributed by atoms with Crippen LogP contribution in [0.4, 0.5) is 0 Å². The van der Waals surface area contributed by atoms with Crippen molar-refractivity contribution in [2.75, 3.05) is 0 Å². The van der Waals surface area contributed by atoms with Gasteiger partial charge in [0.1, 0.15) is 0 Å². The van der Waals surface area contributed by atoms with Gasteiger partial charge in [-0.25, -0.2) is 0 Å². The zero-order valence-corrected chi connectivity index (χ0v) is 12.5. The molecule has 0 bridgehead atoms. The monoisotopic (exact) mass is 343 g/mol. The lowest BCUT2D eigenvalue weighted by atomic mass is 10.1. The fraction of sp³-hybridized carbons (Fsp3) is 0.500. The van der Waals surface area contributed by atoms with E-state index in [2.05, 4.69) is 41.3 Å². The van der Waals surface area contributed by atoms with E-state index in [1.54, 1.807) is 0 Å². The minimum absolute atomic E-state index is 0.193. The van der Waals surface area contributed by atoms with E-state index in [4.69, 9.17) is 0 Å². The number of hydrogen-bond acceptors (Lipinski definition) is 1. The molecule has 0 radical (unpaired) electrons. The van der Waals surface area contributed by atoms with E-state index >= 15 is 0 Å². The maximum Gasteiger partial charge on any atom is 0.254 e. The first-order valence-electron chi connectivity index (χ1n) is 6.21. The van der Waals surface area contributed by atoms with Crippen molar-refractivity contribution in [1.29, 1.82) is 0 Å². The third-order valence-electron chi connectivity index (χ3n) is 3.58. The van der Waals surface area contributed by atoms with Crippen molar-refractivity contribution in [3.8, 4) is 0 Å². The van der Waals surface area contributed by atoms with E-state index in [1.807, 2.05) is 24.3 Å². The molecule has 17 heavy (non-hydrogen) atoms. The van der Waals surface area contributed by atoms with Crippen LogP contribution in [0.3, 0.4) is 0 Å². The second-order valence-corrected chi connectivity index (χ2v) is 5.95. The third kappa shape index (κ3) is 2.64. The van der Waals surface area contributed by atoms with Gasteiger partial charge in [0.05, 0.1) is 0 Å². The molecule has 1 aliphatic heterocycles. The molecule has 0 saturated carbocycles. The molecule has 0 aromatic heterocycles. The zero-order valence-electron chi connectivity index (χ0n) is 10.3. The Kier molecular flexibility index (Phi) is 4.07. The highest BCUT2D eigenvalue weighted by atomic mass is 127. The Balaban J connectivity index is 2.21. The van der Waals surface area contributed by atoms with E-state index in [9.17, 15) is 4.79 Å². The molecule has 1 amide bonds. The van der Waals surface area contributed by atoms with Gasteiger partial charge in [-0.15, -0.1) is 0 Å². The third-order valence-corrected chi connectivity index (χ3v) is 4.30. The first kappa shape index (κ1) is 12.9. The summed E-state index contributed by atoms with van der Waals surface area (Å²) in [5, 5.41) is 0. The second-order valence-electron chi connectivity index (χ2n) is 4.71. The minimum Gasteiger partial charge on any atom is -0.333 e. The van der Waals surface area contributed by atoms with Gasteiger partial charge in [0.2, 0.25) is 0 Å². The molecule has 3 heteroatoms. The number of carbonyl (C=O) groups excluding carboxylic acids is 1. The number of rotatable bonds is 2. The van der Waals surface area contributed by atoms with Crippen LogP contribution in [0.1, 0.15) is 43.5 Å². The summed E-state index contributed by atoms with van der Waals surface area (Å²) in [4.78, 5) is 14.5. The summed E-state index contributed by atoms with van der Waals surface area (Å²) in [6.45, 7) is 4.32. The van der Waals surface area contributed by atoms with Crippen molar-refractivity contribution in [1.82, 2.24) is 4.90 Å². The summed E-state index contributed by atoms with van der Waals surface area (Å²) in [5.41, 5.74) is 0.817. The molecule has 2 unspecified atom stereocenters. The molecule has 0 spiro atoms. The van der Waals surface area contributed by atoms with Gasteiger partial charge in [-0.1, -0.05) is 6.92 Å². The van der Waals surface area contributed by atoms with Gasteiger partial charge in [0.25, 0.3) is 5.91 Å². The largest absolute Gasteiger partial charge is 0.333 e. The van der Waals surface area contributed by atoms with E-state index in [1.165, 1.54) is 3.57 Å². The first-order chi connectivity index (χ1) is 8.13. The molecule has 1 aliphatic rings.